The number of para-hydroxylation sites is 1. The van der Waals surface area contributed by atoms with Gasteiger partial charge in [0.1, 0.15) is 0 Å². The highest BCUT2D eigenvalue weighted by atomic mass is 16.2. The molecule has 2 aromatic rings. The zero-order valence-electron chi connectivity index (χ0n) is 16.4. The maximum atomic E-state index is 12.6. The van der Waals surface area contributed by atoms with Gasteiger partial charge < -0.3 is 20.5 Å². The number of benzene rings is 1. The summed E-state index contributed by atoms with van der Waals surface area (Å²) in [4.78, 5) is 45.8. The molecule has 0 radical (unpaired) electrons. The fraction of sp³-hybridized carbons (Fsp3) is 0.524. The van der Waals surface area contributed by atoms with E-state index in [1.165, 1.54) is 19.3 Å². The zero-order valence-corrected chi connectivity index (χ0v) is 16.4. The van der Waals surface area contributed by atoms with E-state index in [1.54, 1.807) is 24.3 Å². The molecule has 1 saturated heterocycles. The van der Waals surface area contributed by atoms with E-state index in [1.807, 2.05) is 4.90 Å². The van der Waals surface area contributed by atoms with Crippen LogP contribution in [-0.2, 0) is 0 Å². The average molecular weight is 397 g/mol. The molecule has 1 aromatic carbocycles. The van der Waals surface area contributed by atoms with E-state index in [2.05, 4.69) is 20.6 Å². The number of fused-ring (bicyclic) bond motifs is 1. The third-order valence-electron chi connectivity index (χ3n) is 5.88. The molecular formula is C21H27N5O3. The SMILES string of the molecule is O=C(NC1CCN(C(=O)NC2CCCCC2)CC1)c1nc2ccccc2c(=O)[nH]1. The summed E-state index contributed by atoms with van der Waals surface area (Å²) in [7, 11) is 0. The molecule has 1 aliphatic heterocycles. The Hall–Kier alpha value is -2.90. The molecule has 0 bridgehead atoms. The normalized spacial score (nSPS) is 18.6. The molecule has 1 aliphatic carbocycles. The molecule has 2 heterocycles. The van der Waals surface area contributed by atoms with Crippen molar-refractivity contribution >= 4 is 22.8 Å². The Bertz CT molecular complexity index is 943. The molecule has 3 N–H and O–H groups in total. The Morgan fingerprint density at radius 1 is 0.966 bits per heavy atom. The van der Waals surface area contributed by atoms with Crippen LogP contribution in [0.4, 0.5) is 4.79 Å². The van der Waals surface area contributed by atoms with Gasteiger partial charge in [-0.15, -0.1) is 0 Å². The quantitative estimate of drug-likeness (QED) is 0.738. The van der Waals surface area contributed by atoms with Crippen molar-refractivity contribution in [3.8, 4) is 0 Å². The number of piperidine rings is 1. The Kier molecular flexibility index (Phi) is 5.78. The summed E-state index contributed by atoms with van der Waals surface area (Å²) in [6.45, 7) is 1.20. The van der Waals surface area contributed by atoms with E-state index in [4.69, 9.17) is 0 Å². The number of amides is 3. The molecule has 2 aliphatic rings. The van der Waals surface area contributed by atoms with Gasteiger partial charge in [-0.1, -0.05) is 31.4 Å². The van der Waals surface area contributed by atoms with E-state index in [0.29, 0.717) is 42.9 Å². The summed E-state index contributed by atoms with van der Waals surface area (Å²) >= 11 is 0. The van der Waals surface area contributed by atoms with Crippen molar-refractivity contribution in [2.24, 2.45) is 0 Å². The van der Waals surface area contributed by atoms with Crippen LogP contribution >= 0.6 is 0 Å². The molecule has 29 heavy (non-hydrogen) atoms. The first-order chi connectivity index (χ1) is 14.1. The highest BCUT2D eigenvalue weighted by molar-refractivity contribution is 5.92. The highest BCUT2D eigenvalue weighted by Crippen LogP contribution is 2.18. The minimum atomic E-state index is -0.391. The van der Waals surface area contributed by atoms with Crippen LogP contribution in [0.2, 0.25) is 0 Å². The van der Waals surface area contributed by atoms with Crippen molar-refractivity contribution < 1.29 is 9.59 Å². The number of aromatic amines is 1. The van der Waals surface area contributed by atoms with Gasteiger partial charge >= 0.3 is 6.03 Å². The monoisotopic (exact) mass is 397 g/mol. The Morgan fingerprint density at radius 2 is 1.66 bits per heavy atom. The Labute approximate surface area is 169 Å². The highest BCUT2D eigenvalue weighted by Gasteiger charge is 2.26. The molecule has 4 rings (SSSR count). The third-order valence-corrected chi connectivity index (χ3v) is 5.88. The number of H-pyrrole nitrogens is 1. The summed E-state index contributed by atoms with van der Waals surface area (Å²) < 4.78 is 0. The number of likely N-dealkylation sites (tertiary alicyclic amines) is 1. The maximum Gasteiger partial charge on any atom is 0.317 e. The summed E-state index contributed by atoms with van der Waals surface area (Å²) in [6.07, 6.45) is 7.12. The number of nitrogens with zero attached hydrogens (tertiary/aromatic N) is 2. The largest absolute Gasteiger partial charge is 0.347 e. The minimum absolute atomic E-state index is 0.00204. The van der Waals surface area contributed by atoms with E-state index in [0.717, 1.165) is 12.8 Å². The number of carbonyl (C=O) groups is 2. The number of hydrogen-bond donors (Lipinski definition) is 3. The van der Waals surface area contributed by atoms with Gasteiger partial charge in [-0.25, -0.2) is 9.78 Å². The van der Waals surface area contributed by atoms with Crippen LogP contribution in [0.5, 0.6) is 0 Å². The van der Waals surface area contributed by atoms with Crippen molar-refractivity contribution in [2.45, 2.75) is 57.0 Å². The molecule has 0 unspecified atom stereocenters. The van der Waals surface area contributed by atoms with Crippen LogP contribution in [0.15, 0.2) is 29.1 Å². The van der Waals surface area contributed by atoms with Gasteiger partial charge in [-0.2, -0.15) is 0 Å². The predicted molar refractivity (Wildman–Crippen MR) is 110 cm³/mol. The van der Waals surface area contributed by atoms with E-state index >= 15 is 0 Å². The van der Waals surface area contributed by atoms with Crippen molar-refractivity contribution in [1.82, 2.24) is 25.5 Å². The number of hydrogen-bond acceptors (Lipinski definition) is 4. The lowest BCUT2D eigenvalue weighted by atomic mass is 9.95. The number of urea groups is 1. The fourth-order valence-corrected chi connectivity index (χ4v) is 4.19. The average Bonchev–Trinajstić information content (AvgIpc) is 2.75. The standard InChI is InChI=1S/C21H27N5O3/c27-19-16-8-4-5-9-17(16)24-18(25-19)20(28)22-15-10-12-26(13-11-15)21(29)23-14-6-2-1-3-7-14/h4-5,8-9,14-15H,1-3,6-7,10-13H2,(H,22,28)(H,23,29)(H,24,25,27). The van der Waals surface area contributed by atoms with Crippen LogP contribution in [0.25, 0.3) is 10.9 Å². The molecular weight excluding hydrogens is 370 g/mol. The lowest BCUT2D eigenvalue weighted by molar-refractivity contribution is 0.0907. The molecule has 1 saturated carbocycles. The predicted octanol–water partition coefficient (Wildman–Crippen LogP) is 2.16. The molecule has 0 atom stereocenters. The second kappa shape index (κ2) is 8.63. The van der Waals surface area contributed by atoms with Crippen molar-refractivity contribution in [3.05, 3.63) is 40.4 Å². The lowest BCUT2D eigenvalue weighted by Crippen LogP contribution is -2.51. The van der Waals surface area contributed by atoms with Crippen molar-refractivity contribution in [1.29, 1.82) is 0 Å². The fourth-order valence-electron chi connectivity index (χ4n) is 4.19. The second-order valence-electron chi connectivity index (χ2n) is 7.95. The third kappa shape index (κ3) is 4.58. The number of rotatable bonds is 3. The van der Waals surface area contributed by atoms with Gasteiger partial charge in [0.25, 0.3) is 11.5 Å². The van der Waals surface area contributed by atoms with Crippen molar-refractivity contribution in [2.75, 3.05) is 13.1 Å². The van der Waals surface area contributed by atoms with E-state index < -0.39 is 5.91 Å². The van der Waals surface area contributed by atoms with Gasteiger partial charge in [-0.05, 0) is 37.8 Å². The summed E-state index contributed by atoms with van der Waals surface area (Å²) in [5.41, 5.74) is 0.172. The van der Waals surface area contributed by atoms with Gasteiger partial charge in [0.05, 0.1) is 10.9 Å². The minimum Gasteiger partial charge on any atom is -0.347 e. The first-order valence-corrected chi connectivity index (χ1v) is 10.5. The molecule has 3 amide bonds. The molecule has 1 aromatic heterocycles. The Balaban J connectivity index is 1.31. The molecule has 154 valence electrons. The Morgan fingerprint density at radius 3 is 2.41 bits per heavy atom. The van der Waals surface area contributed by atoms with E-state index in [-0.39, 0.29) is 23.5 Å². The van der Waals surface area contributed by atoms with Crippen LogP contribution in [0, 0.1) is 0 Å². The summed E-state index contributed by atoms with van der Waals surface area (Å²) in [6, 6.07) is 7.19. The number of carbonyl (C=O) groups excluding carboxylic acids is 2. The van der Waals surface area contributed by atoms with Gasteiger partial charge in [-0.3, -0.25) is 9.59 Å². The maximum absolute atomic E-state index is 12.6. The lowest BCUT2D eigenvalue weighted by Gasteiger charge is -2.34. The molecule has 8 heteroatoms. The molecule has 0 spiro atoms. The van der Waals surface area contributed by atoms with Crippen LogP contribution < -0.4 is 16.2 Å². The van der Waals surface area contributed by atoms with Crippen LogP contribution in [0.3, 0.4) is 0 Å². The van der Waals surface area contributed by atoms with Crippen LogP contribution in [0.1, 0.15) is 55.6 Å². The summed E-state index contributed by atoms with van der Waals surface area (Å²) in [5, 5.41) is 6.54. The van der Waals surface area contributed by atoms with Crippen LogP contribution in [-0.4, -0.2) is 52.0 Å². The van der Waals surface area contributed by atoms with E-state index in [9.17, 15) is 14.4 Å². The second-order valence-corrected chi connectivity index (χ2v) is 7.95. The first-order valence-electron chi connectivity index (χ1n) is 10.5. The topological polar surface area (TPSA) is 107 Å². The molecule has 8 nitrogen and oxygen atoms in total. The van der Waals surface area contributed by atoms with Gasteiger partial charge in [0.15, 0.2) is 5.82 Å². The van der Waals surface area contributed by atoms with Gasteiger partial charge in [0, 0.05) is 25.2 Å². The summed E-state index contributed by atoms with van der Waals surface area (Å²) in [5.74, 6) is -0.371. The zero-order chi connectivity index (χ0) is 20.2. The first kappa shape index (κ1) is 19.4. The smallest absolute Gasteiger partial charge is 0.317 e. The number of nitrogens with one attached hydrogen (secondary N) is 3. The number of aromatic nitrogens is 2. The van der Waals surface area contributed by atoms with Crippen molar-refractivity contribution in [3.63, 3.8) is 0 Å². The van der Waals surface area contributed by atoms with Gasteiger partial charge in [0.2, 0.25) is 0 Å². The molecule has 2 fully saturated rings.